The quantitative estimate of drug-likeness (QED) is 0.546. The zero-order valence-electron chi connectivity index (χ0n) is 10.6. The lowest BCUT2D eigenvalue weighted by atomic mass is 10.1. The maximum atomic E-state index is 11.9. The highest BCUT2D eigenvalue weighted by Crippen LogP contribution is 2.20. The lowest BCUT2D eigenvalue weighted by Gasteiger charge is -2.22. The summed E-state index contributed by atoms with van der Waals surface area (Å²) in [5, 5.41) is 0. The molecule has 0 aromatic heterocycles. The number of likely N-dealkylation sites (N-methyl/N-ethyl adjacent to an activating group) is 1. The number of hydrogen-bond acceptors (Lipinski definition) is 2. The highest BCUT2D eigenvalue weighted by molar-refractivity contribution is 6.17. The number of nitrogens with zero attached hydrogens (tertiary/aromatic N) is 2. The molecule has 1 heterocycles. The van der Waals surface area contributed by atoms with Crippen LogP contribution < -0.4 is 0 Å². The molecule has 0 bridgehead atoms. The topological polar surface area (TPSA) is 23.6 Å². The van der Waals surface area contributed by atoms with Crippen molar-refractivity contribution < 1.29 is 4.79 Å². The lowest BCUT2D eigenvalue weighted by Crippen LogP contribution is -2.35. The summed E-state index contributed by atoms with van der Waals surface area (Å²) in [6, 6.07) is 0.511. The molecular formula is C12H23ClN2O. The standard InChI is InChI=1S/C12H23ClN2O/c1-10-8-15(9-11(10)14(2)3)12(16)6-4-5-7-13/h10-11H,4-9H2,1-3H3. The molecule has 1 rings (SSSR count). The van der Waals surface area contributed by atoms with Crippen LogP contribution in [0.5, 0.6) is 0 Å². The number of alkyl halides is 1. The molecular weight excluding hydrogens is 224 g/mol. The number of rotatable bonds is 5. The Balaban J connectivity index is 2.36. The van der Waals surface area contributed by atoms with Crippen LogP contribution in [0.3, 0.4) is 0 Å². The first-order chi connectivity index (χ1) is 7.56. The first-order valence-electron chi connectivity index (χ1n) is 6.06. The van der Waals surface area contributed by atoms with Gasteiger partial charge in [0.1, 0.15) is 0 Å². The normalized spacial score (nSPS) is 25.4. The largest absolute Gasteiger partial charge is 0.341 e. The number of hydrogen-bond donors (Lipinski definition) is 0. The van der Waals surface area contributed by atoms with E-state index in [2.05, 4.69) is 25.9 Å². The van der Waals surface area contributed by atoms with Crippen LogP contribution in [-0.4, -0.2) is 54.8 Å². The minimum absolute atomic E-state index is 0.293. The number of likely N-dealkylation sites (tertiary alicyclic amines) is 1. The maximum absolute atomic E-state index is 11.9. The van der Waals surface area contributed by atoms with Crippen LogP contribution in [0.25, 0.3) is 0 Å². The van der Waals surface area contributed by atoms with Gasteiger partial charge in [0.15, 0.2) is 0 Å². The molecule has 2 unspecified atom stereocenters. The van der Waals surface area contributed by atoms with Crippen molar-refractivity contribution in [2.24, 2.45) is 5.92 Å². The second kappa shape index (κ2) is 6.45. The average molecular weight is 247 g/mol. The first kappa shape index (κ1) is 13.8. The zero-order valence-corrected chi connectivity index (χ0v) is 11.3. The van der Waals surface area contributed by atoms with Crippen molar-refractivity contribution in [2.45, 2.75) is 32.2 Å². The van der Waals surface area contributed by atoms with Gasteiger partial charge in [-0.3, -0.25) is 4.79 Å². The van der Waals surface area contributed by atoms with Crippen molar-refractivity contribution in [3.8, 4) is 0 Å². The fourth-order valence-electron chi connectivity index (χ4n) is 2.35. The minimum Gasteiger partial charge on any atom is -0.341 e. The van der Waals surface area contributed by atoms with E-state index < -0.39 is 0 Å². The molecule has 1 aliphatic heterocycles. The fourth-order valence-corrected chi connectivity index (χ4v) is 2.54. The van der Waals surface area contributed by atoms with Crippen LogP contribution in [-0.2, 0) is 4.79 Å². The Labute approximate surface area is 104 Å². The van der Waals surface area contributed by atoms with Gasteiger partial charge in [-0.05, 0) is 32.9 Å². The van der Waals surface area contributed by atoms with Gasteiger partial charge in [-0.2, -0.15) is 0 Å². The SMILES string of the molecule is CC1CN(C(=O)CCCCCl)CC1N(C)C. The van der Waals surface area contributed by atoms with Gasteiger partial charge in [0, 0.05) is 31.4 Å². The Kier molecular flexibility index (Phi) is 5.56. The van der Waals surface area contributed by atoms with Crippen molar-refractivity contribution in [1.82, 2.24) is 9.80 Å². The second-order valence-corrected chi connectivity index (χ2v) is 5.33. The lowest BCUT2D eigenvalue weighted by molar-refractivity contribution is -0.130. The molecule has 0 saturated carbocycles. The summed E-state index contributed by atoms with van der Waals surface area (Å²) >= 11 is 5.60. The van der Waals surface area contributed by atoms with E-state index in [4.69, 9.17) is 11.6 Å². The molecule has 1 fully saturated rings. The number of amides is 1. The van der Waals surface area contributed by atoms with Gasteiger partial charge in [0.2, 0.25) is 5.91 Å². The maximum Gasteiger partial charge on any atom is 0.222 e. The molecule has 1 saturated heterocycles. The summed E-state index contributed by atoms with van der Waals surface area (Å²) in [5.74, 6) is 1.53. The predicted molar refractivity (Wildman–Crippen MR) is 67.8 cm³/mol. The van der Waals surface area contributed by atoms with Crippen LogP contribution in [0.1, 0.15) is 26.2 Å². The summed E-state index contributed by atoms with van der Waals surface area (Å²) in [4.78, 5) is 16.1. The highest BCUT2D eigenvalue weighted by atomic mass is 35.5. The van der Waals surface area contributed by atoms with Crippen LogP contribution in [0, 0.1) is 5.92 Å². The van der Waals surface area contributed by atoms with E-state index in [9.17, 15) is 4.79 Å². The van der Waals surface area contributed by atoms with Gasteiger partial charge >= 0.3 is 0 Å². The third-order valence-corrected chi connectivity index (χ3v) is 3.63. The molecule has 2 atom stereocenters. The highest BCUT2D eigenvalue weighted by Gasteiger charge is 2.32. The predicted octanol–water partition coefficient (Wildman–Crippen LogP) is 1.80. The van der Waals surface area contributed by atoms with E-state index in [1.54, 1.807) is 0 Å². The molecule has 0 radical (unpaired) electrons. The molecule has 1 amide bonds. The Morgan fingerprint density at radius 1 is 1.38 bits per heavy atom. The van der Waals surface area contributed by atoms with Crippen LogP contribution in [0.15, 0.2) is 0 Å². The molecule has 0 aliphatic carbocycles. The summed E-state index contributed by atoms with van der Waals surface area (Å²) in [6.45, 7) is 4.01. The van der Waals surface area contributed by atoms with E-state index in [0.717, 1.165) is 25.9 Å². The Morgan fingerprint density at radius 2 is 2.06 bits per heavy atom. The number of carbonyl (C=O) groups is 1. The Bertz CT molecular complexity index is 233. The Morgan fingerprint density at radius 3 is 2.56 bits per heavy atom. The fraction of sp³-hybridized carbons (Fsp3) is 0.917. The molecule has 94 valence electrons. The van der Waals surface area contributed by atoms with Gasteiger partial charge in [-0.15, -0.1) is 11.6 Å². The molecule has 1 aliphatic rings. The summed E-state index contributed by atoms with van der Waals surface area (Å²) in [7, 11) is 4.17. The summed E-state index contributed by atoms with van der Waals surface area (Å²) < 4.78 is 0. The molecule has 0 spiro atoms. The molecule has 3 nitrogen and oxygen atoms in total. The van der Waals surface area contributed by atoms with Crippen LogP contribution >= 0.6 is 11.6 Å². The third kappa shape index (κ3) is 3.63. The van der Waals surface area contributed by atoms with E-state index in [1.165, 1.54) is 0 Å². The monoisotopic (exact) mass is 246 g/mol. The summed E-state index contributed by atoms with van der Waals surface area (Å²) in [5.41, 5.74) is 0. The average Bonchev–Trinajstić information content (AvgIpc) is 2.60. The minimum atomic E-state index is 0.293. The van der Waals surface area contributed by atoms with Crippen LogP contribution in [0.4, 0.5) is 0 Å². The van der Waals surface area contributed by atoms with Gasteiger partial charge in [0.25, 0.3) is 0 Å². The molecule has 0 N–H and O–H groups in total. The smallest absolute Gasteiger partial charge is 0.222 e. The first-order valence-corrected chi connectivity index (χ1v) is 6.60. The Hall–Kier alpha value is -0.280. The van der Waals surface area contributed by atoms with E-state index in [0.29, 0.717) is 30.2 Å². The molecule has 4 heteroatoms. The number of halogens is 1. The van der Waals surface area contributed by atoms with Crippen molar-refractivity contribution in [3.63, 3.8) is 0 Å². The third-order valence-electron chi connectivity index (χ3n) is 3.36. The van der Waals surface area contributed by atoms with Gasteiger partial charge in [-0.25, -0.2) is 0 Å². The number of unbranched alkanes of at least 4 members (excludes halogenated alkanes) is 1. The van der Waals surface area contributed by atoms with E-state index >= 15 is 0 Å². The molecule has 16 heavy (non-hydrogen) atoms. The molecule has 0 aromatic rings. The van der Waals surface area contributed by atoms with Crippen molar-refractivity contribution >= 4 is 17.5 Å². The van der Waals surface area contributed by atoms with Gasteiger partial charge in [0.05, 0.1) is 0 Å². The number of carbonyl (C=O) groups excluding carboxylic acids is 1. The zero-order chi connectivity index (χ0) is 12.1. The molecule has 0 aromatic carbocycles. The summed E-state index contributed by atoms with van der Waals surface area (Å²) in [6.07, 6.45) is 2.51. The van der Waals surface area contributed by atoms with Gasteiger partial charge < -0.3 is 9.80 Å². The van der Waals surface area contributed by atoms with Gasteiger partial charge in [-0.1, -0.05) is 6.92 Å². The van der Waals surface area contributed by atoms with Crippen LogP contribution in [0.2, 0.25) is 0 Å². The van der Waals surface area contributed by atoms with E-state index in [1.807, 2.05) is 4.90 Å². The second-order valence-electron chi connectivity index (χ2n) is 4.95. The van der Waals surface area contributed by atoms with Crippen molar-refractivity contribution in [3.05, 3.63) is 0 Å². The van der Waals surface area contributed by atoms with Crippen molar-refractivity contribution in [1.29, 1.82) is 0 Å². The van der Waals surface area contributed by atoms with Crippen molar-refractivity contribution in [2.75, 3.05) is 33.1 Å². The van der Waals surface area contributed by atoms with E-state index in [-0.39, 0.29) is 0 Å².